The van der Waals surface area contributed by atoms with Crippen LogP contribution in [0.25, 0.3) is 0 Å². The first-order chi connectivity index (χ1) is 6.66. The molecule has 4 heteroatoms. The van der Waals surface area contributed by atoms with Gasteiger partial charge in [-0.2, -0.15) is 0 Å². The standard InChI is InChI=1S/C10H21NO3/c1-11(5-2-6-12)9-10(13)3-7-14-8-4-10/h12-13H,2-9H2,1H3. The van der Waals surface area contributed by atoms with Gasteiger partial charge in [0, 0.05) is 45.8 Å². The molecule has 0 unspecified atom stereocenters. The lowest BCUT2D eigenvalue weighted by molar-refractivity contribution is -0.0771. The van der Waals surface area contributed by atoms with Crippen molar-refractivity contribution < 1.29 is 14.9 Å². The average molecular weight is 203 g/mol. The van der Waals surface area contributed by atoms with E-state index in [9.17, 15) is 5.11 Å². The van der Waals surface area contributed by atoms with Crippen LogP contribution < -0.4 is 0 Å². The van der Waals surface area contributed by atoms with Gasteiger partial charge < -0.3 is 19.8 Å². The molecule has 0 atom stereocenters. The second kappa shape index (κ2) is 5.66. The number of hydrogen-bond donors (Lipinski definition) is 2. The van der Waals surface area contributed by atoms with Gasteiger partial charge in [-0.05, 0) is 13.5 Å². The minimum atomic E-state index is -0.581. The van der Waals surface area contributed by atoms with Crippen LogP contribution >= 0.6 is 0 Å². The van der Waals surface area contributed by atoms with Gasteiger partial charge in [0.05, 0.1) is 5.60 Å². The van der Waals surface area contributed by atoms with E-state index >= 15 is 0 Å². The number of aliphatic hydroxyl groups is 2. The summed E-state index contributed by atoms with van der Waals surface area (Å²) >= 11 is 0. The molecular weight excluding hydrogens is 182 g/mol. The Morgan fingerprint density at radius 2 is 2.00 bits per heavy atom. The molecule has 14 heavy (non-hydrogen) atoms. The van der Waals surface area contributed by atoms with Crippen LogP contribution in [0.4, 0.5) is 0 Å². The summed E-state index contributed by atoms with van der Waals surface area (Å²) in [5.74, 6) is 0. The highest BCUT2D eigenvalue weighted by molar-refractivity contribution is 4.83. The highest BCUT2D eigenvalue weighted by Gasteiger charge is 2.30. The lowest BCUT2D eigenvalue weighted by Gasteiger charge is -2.35. The largest absolute Gasteiger partial charge is 0.396 e. The fraction of sp³-hybridized carbons (Fsp3) is 1.00. The molecule has 1 aliphatic heterocycles. The molecule has 1 rings (SSSR count). The zero-order chi connectivity index (χ0) is 10.4. The number of likely N-dealkylation sites (N-methyl/N-ethyl adjacent to an activating group) is 1. The van der Waals surface area contributed by atoms with Crippen molar-refractivity contribution in [3.05, 3.63) is 0 Å². The predicted octanol–water partition coefficient (Wildman–Crippen LogP) is -0.158. The van der Waals surface area contributed by atoms with Crippen LogP contribution in [0, 0.1) is 0 Å². The summed E-state index contributed by atoms with van der Waals surface area (Å²) in [4.78, 5) is 2.07. The summed E-state index contributed by atoms with van der Waals surface area (Å²) in [7, 11) is 1.98. The average Bonchev–Trinajstić information content (AvgIpc) is 2.15. The van der Waals surface area contributed by atoms with Gasteiger partial charge in [-0.1, -0.05) is 0 Å². The van der Waals surface area contributed by atoms with E-state index in [2.05, 4.69) is 4.90 Å². The maximum Gasteiger partial charge on any atom is 0.0817 e. The molecule has 84 valence electrons. The van der Waals surface area contributed by atoms with Crippen LogP contribution in [0.3, 0.4) is 0 Å². The molecule has 0 aromatic carbocycles. The van der Waals surface area contributed by atoms with Crippen LogP contribution in [0.15, 0.2) is 0 Å². The fourth-order valence-corrected chi connectivity index (χ4v) is 1.83. The maximum absolute atomic E-state index is 10.2. The molecule has 0 spiro atoms. The third kappa shape index (κ3) is 3.92. The van der Waals surface area contributed by atoms with Gasteiger partial charge in [0.15, 0.2) is 0 Å². The number of rotatable bonds is 5. The molecule has 1 saturated heterocycles. The summed E-state index contributed by atoms with van der Waals surface area (Å²) < 4.78 is 5.21. The second-order valence-electron chi connectivity index (χ2n) is 4.15. The van der Waals surface area contributed by atoms with Crippen LogP contribution in [0.5, 0.6) is 0 Å². The number of aliphatic hydroxyl groups excluding tert-OH is 1. The van der Waals surface area contributed by atoms with Gasteiger partial charge in [0.1, 0.15) is 0 Å². The molecule has 0 aromatic rings. The molecule has 1 heterocycles. The fourth-order valence-electron chi connectivity index (χ4n) is 1.83. The molecule has 0 saturated carbocycles. The second-order valence-corrected chi connectivity index (χ2v) is 4.15. The topological polar surface area (TPSA) is 52.9 Å². The number of hydrogen-bond acceptors (Lipinski definition) is 4. The van der Waals surface area contributed by atoms with Crippen LogP contribution in [-0.2, 0) is 4.74 Å². The predicted molar refractivity (Wildman–Crippen MR) is 54.2 cm³/mol. The van der Waals surface area contributed by atoms with Crippen molar-refractivity contribution in [2.45, 2.75) is 24.9 Å². The van der Waals surface area contributed by atoms with Gasteiger partial charge >= 0.3 is 0 Å². The summed E-state index contributed by atoms with van der Waals surface area (Å²) in [6, 6.07) is 0. The first-order valence-electron chi connectivity index (χ1n) is 5.26. The first-order valence-corrected chi connectivity index (χ1v) is 5.26. The Morgan fingerprint density at radius 1 is 1.36 bits per heavy atom. The van der Waals surface area contributed by atoms with Gasteiger partial charge in [-0.15, -0.1) is 0 Å². The van der Waals surface area contributed by atoms with Crippen molar-refractivity contribution in [1.82, 2.24) is 4.90 Å². The van der Waals surface area contributed by atoms with Crippen LogP contribution in [0.1, 0.15) is 19.3 Å². The molecule has 1 fully saturated rings. The smallest absolute Gasteiger partial charge is 0.0817 e. The highest BCUT2D eigenvalue weighted by Crippen LogP contribution is 2.21. The van der Waals surface area contributed by atoms with E-state index < -0.39 is 5.60 Å². The SMILES string of the molecule is CN(CCCO)CC1(O)CCOCC1. The Bertz CT molecular complexity index is 157. The molecule has 1 aliphatic rings. The minimum Gasteiger partial charge on any atom is -0.396 e. The Morgan fingerprint density at radius 3 is 2.57 bits per heavy atom. The van der Waals surface area contributed by atoms with Gasteiger partial charge in [0.2, 0.25) is 0 Å². The summed E-state index contributed by atoms with van der Waals surface area (Å²) in [5, 5.41) is 18.8. The van der Waals surface area contributed by atoms with E-state index in [1.54, 1.807) is 0 Å². The molecular formula is C10H21NO3. The Labute approximate surface area is 85.5 Å². The zero-order valence-electron chi connectivity index (χ0n) is 8.91. The normalized spacial score (nSPS) is 21.4. The van der Waals surface area contributed by atoms with E-state index in [1.165, 1.54) is 0 Å². The van der Waals surface area contributed by atoms with E-state index in [-0.39, 0.29) is 6.61 Å². The third-order valence-corrected chi connectivity index (χ3v) is 2.69. The van der Waals surface area contributed by atoms with Crippen molar-refractivity contribution in [3.63, 3.8) is 0 Å². The van der Waals surface area contributed by atoms with E-state index in [0.717, 1.165) is 25.8 Å². The number of ether oxygens (including phenoxy) is 1. The Hall–Kier alpha value is -0.160. The molecule has 0 bridgehead atoms. The summed E-state index contributed by atoms with van der Waals surface area (Å²) in [6.45, 7) is 3.04. The number of nitrogens with zero attached hydrogens (tertiary/aromatic N) is 1. The summed E-state index contributed by atoms with van der Waals surface area (Å²) in [5.41, 5.74) is -0.581. The molecule has 2 N–H and O–H groups in total. The summed E-state index contributed by atoms with van der Waals surface area (Å²) in [6.07, 6.45) is 2.20. The van der Waals surface area contributed by atoms with Gasteiger partial charge in [0.25, 0.3) is 0 Å². The van der Waals surface area contributed by atoms with E-state index in [0.29, 0.717) is 19.8 Å². The monoisotopic (exact) mass is 203 g/mol. The van der Waals surface area contributed by atoms with Crippen molar-refractivity contribution in [2.24, 2.45) is 0 Å². The third-order valence-electron chi connectivity index (χ3n) is 2.69. The molecule has 4 nitrogen and oxygen atoms in total. The van der Waals surface area contributed by atoms with Crippen molar-refractivity contribution in [2.75, 3.05) is 40.0 Å². The Kier molecular flexibility index (Phi) is 4.81. The minimum absolute atomic E-state index is 0.214. The molecule has 0 amide bonds. The molecule has 0 aromatic heterocycles. The molecule has 0 aliphatic carbocycles. The quantitative estimate of drug-likeness (QED) is 0.652. The molecule has 0 radical (unpaired) electrons. The van der Waals surface area contributed by atoms with E-state index in [4.69, 9.17) is 9.84 Å². The van der Waals surface area contributed by atoms with Crippen molar-refractivity contribution in [1.29, 1.82) is 0 Å². The lowest BCUT2D eigenvalue weighted by Crippen LogP contribution is -2.45. The maximum atomic E-state index is 10.2. The Balaban J connectivity index is 2.25. The zero-order valence-corrected chi connectivity index (χ0v) is 8.91. The van der Waals surface area contributed by atoms with Gasteiger partial charge in [-0.25, -0.2) is 0 Å². The van der Waals surface area contributed by atoms with Crippen molar-refractivity contribution >= 4 is 0 Å². The highest BCUT2D eigenvalue weighted by atomic mass is 16.5. The lowest BCUT2D eigenvalue weighted by atomic mass is 9.94. The van der Waals surface area contributed by atoms with Crippen LogP contribution in [0.2, 0.25) is 0 Å². The first kappa shape index (κ1) is 11.9. The van der Waals surface area contributed by atoms with Crippen LogP contribution in [-0.4, -0.2) is 60.7 Å². The van der Waals surface area contributed by atoms with Crippen molar-refractivity contribution in [3.8, 4) is 0 Å². The van der Waals surface area contributed by atoms with E-state index in [1.807, 2.05) is 7.05 Å². The van der Waals surface area contributed by atoms with Gasteiger partial charge in [-0.3, -0.25) is 0 Å².